The molecule has 1 heterocycles. The molecule has 1 aliphatic heterocycles. The number of aldehydes is 1. The van der Waals surface area contributed by atoms with Gasteiger partial charge in [-0.15, -0.1) is 0 Å². The number of carbonyl (C=O) groups is 2. The Hall–Kier alpha value is -2.86. The highest BCUT2D eigenvalue weighted by Crippen LogP contribution is 2.35. The lowest BCUT2D eigenvalue weighted by Crippen LogP contribution is -2.36. The highest BCUT2D eigenvalue weighted by atomic mass is 16.2. The van der Waals surface area contributed by atoms with Gasteiger partial charge in [-0.3, -0.25) is 4.79 Å². The van der Waals surface area contributed by atoms with Crippen molar-refractivity contribution < 1.29 is 9.59 Å². The van der Waals surface area contributed by atoms with Crippen molar-refractivity contribution in [2.45, 2.75) is 18.8 Å². The summed E-state index contributed by atoms with van der Waals surface area (Å²) in [5.41, 5.74) is 2.32. The zero-order valence-corrected chi connectivity index (χ0v) is 13.7. The Morgan fingerprint density at radius 1 is 1.04 bits per heavy atom. The first-order valence-electron chi connectivity index (χ1n) is 8.04. The Balaban J connectivity index is 1.79. The highest BCUT2D eigenvalue weighted by Gasteiger charge is 2.43. The van der Waals surface area contributed by atoms with Gasteiger partial charge < -0.3 is 9.69 Å². The fourth-order valence-electron chi connectivity index (χ4n) is 3.04. The second kappa shape index (κ2) is 6.72. The molecule has 3 nitrogen and oxygen atoms in total. The van der Waals surface area contributed by atoms with Crippen molar-refractivity contribution in [3.8, 4) is 11.8 Å². The molecule has 3 rings (SSSR count). The van der Waals surface area contributed by atoms with Crippen molar-refractivity contribution in [2.24, 2.45) is 0 Å². The summed E-state index contributed by atoms with van der Waals surface area (Å²) < 4.78 is 0. The van der Waals surface area contributed by atoms with Gasteiger partial charge in [0.15, 0.2) is 0 Å². The van der Waals surface area contributed by atoms with Gasteiger partial charge in [0.25, 0.3) is 0 Å². The third-order valence-corrected chi connectivity index (χ3v) is 4.58. The summed E-state index contributed by atoms with van der Waals surface area (Å²) in [5, 5.41) is 0. The molecular formula is C21H19NO2. The summed E-state index contributed by atoms with van der Waals surface area (Å²) in [5.74, 6) is 6.29. The molecular weight excluding hydrogens is 298 g/mol. The molecule has 0 aliphatic carbocycles. The Labute approximate surface area is 142 Å². The molecule has 1 aliphatic rings. The lowest BCUT2D eigenvalue weighted by Gasteiger charge is -2.23. The summed E-state index contributed by atoms with van der Waals surface area (Å²) in [7, 11) is 0. The summed E-state index contributed by atoms with van der Waals surface area (Å²) in [6.45, 7) is 2.75. The Bertz CT molecular complexity index is 799. The van der Waals surface area contributed by atoms with Crippen LogP contribution in [0.2, 0.25) is 0 Å². The third-order valence-electron chi connectivity index (χ3n) is 4.58. The third kappa shape index (κ3) is 3.09. The summed E-state index contributed by atoms with van der Waals surface area (Å²) in [6.07, 6.45) is 1.51. The number of hydrogen-bond acceptors (Lipinski definition) is 2. The highest BCUT2D eigenvalue weighted by molar-refractivity contribution is 5.91. The van der Waals surface area contributed by atoms with Crippen LogP contribution in [0, 0.1) is 11.8 Å². The van der Waals surface area contributed by atoms with Crippen molar-refractivity contribution >= 4 is 12.2 Å². The number of likely N-dealkylation sites (tertiary alicyclic amines) is 1. The van der Waals surface area contributed by atoms with Gasteiger partial charge >= 0.3 is 0 Å². The van der Waals surface area contributed by atoms with Crippen LogP contribution in [0.4, 0.5) is 0 Å². The molecule has 0 saturated carbocycles. The number of carbonyl (C=O) groups excluding carboxylic acids is 2. The minimum atomic E-state index is -0.547. The van der Waals surface area contributed by atoms with E-state index in [1.807, 2.05) is 61.5 Å². The summed E-state index contributed by atoms with van der Waals surface area (Å²) >= 11 is 0. The number of benzene rings is 2. The first kappa shape index (κ1) is 16.0. The largest absolute Gasteiger partial charge is 0.335 e. The number of rotatable bonds is 3. The lowest BCUT2D eigenvalue weighted by molar-refractivity contribution is -0.133. The maximum absolute atomic E-state index is 12.6. The van der Waals surface area contributed by atoms with Crippen LogP contribution in [0.5, 0.6) is 0 Å². The second-order valence-electron chi connectivity index (χ2n) is 6.19. The Morgan fingerprint density at radius 3 is 2.29 bits per heavy atom. The topological polar surface area (TPSA) is 37.4 Å². The fraction of sp³-hybridized carbons (Fsp3) is 0.238. The van der Waals surface area contributed by atoms with E-state index in [2.05, 4.69) is 11.8 Å². The molecule has 120 valence electrons. The van der Waals surface area contributed by atoms with E-state index in [0.29, 0.717) is 6.54 Å². The molecule has 1 fully saturated rings. The Kier molecular flexibility index (Phi) is 4.48. The molecule has 1 unspecified atom stereocenters. The molecule has 0 N–H and O–H groups in total. The van der Waals surface area contributed by atoms with Gasteiger partial charge in [0.2, 0.25) is 5.91 Å². The van der Waals surface area contributed by atoms with E-state index in [1.54, 1.807) is 4.90 Å². The van der Waals surface area contributed by atoms with Crippen LogP contribution in [-0.4, -0.2) is 30.2 Å². The smallest absolute Gasteiger partial charge is 0.233 e. The molecule has 3 heteroatoms. The maximum Gasteiger partial charge on any atom is 0.233 e. The van der Waals surface area contributed by atoms with Gasteiger partial charge in [0.05, 0.1) is 12.0 Å². The SMILES string of the molecule is CC1(c2ccc(C#Cc3ccccc3)cc2)CCN(CC=O)C1=O. The van der Waals surface area contributed by atoms with Crippen molar-refractivity contribution in [1.82, 2.24) is 4.90 Å². The van der Waals surface area contributed by atoms with E-state index >= 15 is 0 Å². The van der Waals surface area contributed by atoms with E-state index in [4.69, 9.17) is 0 Å². The zero-order chi connectivity index (χ0) is 17.0. The van der Waals surface area contributed by atoms with Crippen LogP contribution in [0.15, 0.2) is 54.6 Å². The monoisotopic (exact) mass is 317 g/mol. The predicted octanol–water partition coefficient (Wildman–Crippen LogP) is 2.78. The van der Waals surface area contributed by atoms with Crippen LogP contribution < -0.4 is 0 Å². The average molecular weight is 317 g/mol. The van der Waals surface area contributed by atoms with Crippen LogP contribution in [-0.2, 0) is 15.0 Å². The molecule has 0 radical (unpaired) electrons. The van der Waals surface area contributed by atoms with E-state index in [9.17, 15) is 9.59 Å². The Morgan fingerprint density at radius 2 is 1.67 bits per heavy atom. The zero-order valence-electron chi connectivity index (χ0n) is 13.7. The molecule has 0 bridgehead atoms. The van der Waals surface area contributed by atoms with Crippen LogP contribution in [0.1, 0.15) is 30.0 Å². The van der Waals surface area contributed by atoms with Crippen LogP contribution in [0.3, 0.4) is 0 Å². The second-order valence-corrected chi connectivity index (χ2v) is 6.19. The molecule has 1 atom stereocenters. The standard InChI is InChI=1S/C21H19NO2/c1-21(13-14-22(15-16-23)20(21)24)19-11-9-18(10-12-19)8-7-17-5-3-2-4-6-17/h2-6,9-12,16H,13-15H2,1H3. The summed E-state index contributed by atoms with van der Waals surface area (Å²) in [6, 6.07) is 17.7. The van der Waals surface area contributed by atoms with Gasteiger partial charge in [-0.2, -0.15) is 0 Å². The molecule has 0 aromatic heterocycles. The molecule has 2 aromatic carbocycles. The first-order chi connectivity index (χ1) is 11.6. The molecule has 1 amide bonds. The summed E-state index contributed by atoms with van der Waals surface area (Å²) in [4.78, 5) is 24.9. The molecule has 24 heavy (non-hydrogen) atoms. The van der Waals surface area contributed by atoms with E-state index in [-0.39, 0.29) is 12.5 Å². The quantitative estimate of drug-likeness (QED) is 0.645. The van der Waals surface area contributed by atoms with Gasteiger partial charge in [-0.1, -0.05) is 42.2 Å². The fourth-order valence-corrected chi connectivity index (χ4v) is 3.04. The van der Waals surface area contributed by atoms with Crippen molar-refractivity contribution in [1.29, 1.82) is 0 Å². The van der Waals surface area contributed by atoms with Gasteiger partial charge in [0, 0.05) is 17.7 Å². The van der Waals surface area contributed by atoms with E-state index in [1.165, 1.54) is 0 Å². The number of nitrogens with zero attached hydrogens (tertiary/aromatic N) is 1. The minimum absolute atomic E-state index is 0.0257. The lowest BCUT2D eigenvalue weighted by atomic mass is 9.81. The molecule has 1 saturated heterocycles. The van der Waals surface area contributed by atoms with Crippen molar-refractivity contribution in [2.75, 3.05) is 13.1 Å². The molecule has 0 spiro atoms. The predicted molar refractivity (Wildman–Crippen MR) is 93.5 cm³/mol. The first-order valence-corrected chi connectivity index (χ1v) is 8.04. The van der Waals surface area contributed by atoms with Crippen LogP contribution >= 0.6 is 0 Å². The van der Waals surface area contributed by atoms with Crippen molar-refractivity contribution in [3.05, 3.63) is 71.3 Å². The minimum Gasteiger partial charge on any atom is -0.335 e. The van der Waals surface area contributed by atoms with Gasteiger partial charge in [-0.05, 0) is 43.2 Å². The number of amides is 1. The maximum atomic E-state index is 12.6. The van der Waals surface area contributed by atoms with E-state index < -0.39 is 5.41 Å². The number of hydrogen-bond donors (Lipinski definition) is 0. The van der Waals surface area contributed by atoms with E-state index in [0.717, 1.165) is 29.4 Å². The van der Waals surface area contributed by atoms with Crippen molar-refractivity contribution in [3.63, 3.8) is 0 Å². The normalized spacial score (nSPS) is 19.7. The van der Waals surface area contributed by atoms with Crippen LogP contribution in [0.25, 0.3) is 0 Å². The van der Waals surface area contributed by atoms with Gasteiger partial charge in [-0.25, -0.2) is 0 Å². The van der Waals surface area contributed by atoms with Gasteiger partial charge in [0.1, 0.15) is 6.29 Å². The molecule has 2 aromatic rings. The average Bonchev–Trinajstić information content (AvgIpc) is 2.91.